The maximum atomic E-state index is 9.29. The molecule has 0 bridgehead atoms. The molecule has 2 heteroatoms. The molecule has 0 aromatic heterocycles. The second-order valence-corrected chi connectivity index (χ2v) is 3.95. The molecule has 0 fully saturated rings. The van der Waals surface area contributed by atoms with Gasteiger partial charge in [-0.15, -0.1) is 0 Å². The molecule has 0 amide bonds. The molecule has 1 unspecified atom stereocenters. The van der Waals surface area contributed by atoms with Gasteiger partial charge in [0.2, 0.25) is 0 Å². The van der Waals surface area contributed by atoms with Gasteiger partial charge in [0.1, 0.15) is 5.54 Å². The molecule has 0 aromatic carbocycles. The topological polar surface area (TPSA) is 27.0 Å². The Morgan fingerprint density at radius 2 is 1.92 bits per heavy atom. The van der Waals surface area contributed by atoms with Crippen LogP contribution in [0.2, 0.25) is 0 Å². The predicted molar refractivity (Wildman–Crippen MR) is 56.4 cm³/mol. The second kappa shape index (κ2) is 5.24. The minimum Gasteiger partial charge on any atom is -0.289 e. The van der Waals surface area contributed by atoms with Crippen LogP contribution in [0.25, 0.3) is 0 Å². The van der Waals surface area contributed by atoms with Crippen molar-refractivity contribution in [2.45, 2.75) is 46.1 Å². The van der Waals surface area contributed by atoms with Gasteiger partial charge in [0.15, 0.2) is 0 Å². The summed E-state index contributed by atoms with van der Waals surface area (Å²) in [6, 6.07) is 2.49. The van der Waals surface area contributed by atoms with Crippen LogP contribution < -0.4 is 0 Å². The van der Waals surface area contributed by atoms with Gasteiger partial charge in [0.25, 0.3) is 0 Å². The molecule has 0 spiro atoms. The number of nitriles is 1. The number of hydrogen-bond acceptors (Lipinski definition) is 2. The minimum atomic E-state index is -0.260. The predicted octanol–water partition coefficient (Wildman–Crippen LogP) is 2.66. The summed E-state index contributed by atoms with van der Waals surface area (Å²) in [4.78, 5) is 2.17. The van der Waals surface area contributed by atoms with Gasteiger partial charge >= 0.3 is 0 Å². The highest BCUT2D eigenvalue weighted by Gasteiger charge is 2.36. The molecule has 0 saturated carbocycles. The van der Waals surface area contributed by atoms with E-state index in [9.17, 15) is 5.26 Å². The van der Waals surface area contributed by atoms with Crippen LogP contribution in [-0.4, -0.2) is 24.0 Å². The van der Waals surface area contributed by atoms with Crippen LogP contribution in [0.1, 0.15) is 40.5 Å². The van der Waals surface area contributed by atoms with Gasteiger partial charge in [0, 0.05) is 0 Å². The molecular formula is C11H22N2. The Kier molecular flexibility index (Phi) is 5.02. The molecule has 0 aliphatic rings. The van der Waals surface area contributed by atoms with E-state index in [-0.39, 0.29) is 5.54 Å². The lowest BCUT2D eigenvalue weighted by Crippen LogP contribution is -2.49. The highest BCUT2D eigenvalue weighted by atomic mass is 15.2. The van der Waals surface area contributed by atoms with Crippen molar-refractivity contribution in [3.63, 3.8) is 0 Å². The van der Waals surface area contributed by atoms with E-state index in [2.05, 4.69) is 38.7 Å². The lowest BCUT2D eigenvalue weighted by molar-refractivity contribution is 0.119. The summed E-state index contributed by atoms with van der Waals surface area (Å²) in [6.45, 7) is 9.43. The monoisotopic (exact) mass is 182 g/mol. The minimum absolute atomic E-state index is 0.260. The van der Waals surface area contributed by atoms with Crippen LogP contribution in [-0.2, 0) is 0 Å². The molecule has 0 radical (unpaired) electrons. The average molecular weight is 182 g/mol. The Hall–Kier alpha value is -0.550. The zero-order valence-electron chi connectivity index (χ0n) is 9.59. The summed E-state index contributed by atoms with van der Waals surface area (Å²) < 4.78 is 0. The van der Waals surface area contributed by atoms with E-state index in [0.29, 0.717) is 5.92 Å². The van der Waals surface area contributed by atoms with Crippen LogP contribution in [0.3, 0.4) is 0 Å². The third kappa shape index (κ3) is 2.45. The van der Waals surface area contributed by atoms with Crippen molar-refractivity contribution < 1.29 is 0 Å². The van der Waals surface area contributed by atoms with Crippen molar-refractivity contribution in [3.05, 3.63) is 0 Å². The number of nitrogens with zero attached hydrogens (tertiary/aromatic N) is 2. The van der Waals surface area contributed by atoms with Crippen LogP contribution in [0.5, 0.6) is 0 Å². The van der Waals surface area contributed by atoms with Crippen LogP contribution in [0.15, 0.2) is 0 Å². The molecule has 0 rings (SSSR count). The fourth-order valence-electron chi connectivity index (χ4n) is 1.85. The second-order valence-electron chi connectivity index (χ2n) is 3.95. The molecule has 0 saturated heterocycles. The first-order chi connectivity index (χ1) is 6.05. The van der Waals surface area contributed by atoms with Gasteiger partial charge < -0.3 is 0 Å². The fourth-order valence-corrected chi connectivity index (χ4v) is 1.85. The Morgan fingerprint density at radius 3 is 2.15 bits per heavy atom. The van der Waals surface area contributed by atoms with Gasteiger partial charge in [-0.1, -0.05) is 34.1 Å². The van der Waals surface area contributed by atoms with Gasteiger partial charge in [-0.2, -0.15) is 5.26 Å². The van der Waals surface area contributed by atoms with Crippen LogP contribution in [0.4, 0.5) is 0 Å². The maximum Gasteiger partial charge on any atom is 0.111 e. The number of rotatable bonds is 5. The fraction of sp³-hybridized carbons (Fsp3) is 0.909. The summed E-state index contributed by atoms with van der Waals surface area (Å²) in [6.07, 6.45) is 2.03. The van der Waals surface area contributed by atoms with E-state index < -0.39 is 0 Å². The molecule has 76 valence electrons. The van der Waals surface area contributed by atoms with Gasteiger partial charge in [-0.25, -0.2) is 0 Å². The van der Waals surface area contributed by atoms with Crippen molar-refractivity contribution >= 4 is 0 Å². The lowest BCUT2D eigenvalue weighted by Gasteiger charge is -2.38. The molecule has 0 aliphatic carbocycles. The average Bonchev–Trinajstić information content (AvgIpc) is 2.12. The van der Waals surface area contributed by atoms with Gasteiger partial charge in [0.05, 0.1) is 6.07 Å². The lowest BCUT2D eigenvalue weighted by atomic mass is 9.82. The van der Waals surface area contributed by atoms with Gasteiger partial charge in [-0.05, 0) is 25.9 Å². The normalized spacial score (nSPS) is 15.8. The highest BCUT2D eigenvalue weighted by molar-refractivity contribution is 5.09. The summed E-state index contributed by atoms with van der Waals surface area (Å²) in [5.74, 6) is 0.391. The molecular weight excluding hydrogens is 160 g/mol. The summed E-state index contributed by atoms with van der Waals surface area (Å²) >= 11 is 0. The van der Waals surface area contributed by atoms with E-state index in [1.165, 1.54) is 0 Å². The first kappa shape index (κ1) is 12.4. The number of hydrogen-bond donors (Lipinski definition) is 0. The quantitative estimate of drug-likeness (QED) is 0.653. The Bertz CT molecular complexity index is 181. The third-order valence-electron chi connectivity index (χ3n) is 2.94. The van der Waals surface area contributed by atoms with Crippen molar-refractivity contribution in [3.8, 4) is 6.07 Å². The third-order valence-corrected chi connectivity index (χ3v) is 2.94. The zero-order chi connectivity index (χ0) is 10.5. The molecule has 0 aromatic rings. The first-order valence-corrected chi connectivity index (χ1v) is 5.17. The van der Waals surface area contributed by atoms with Crippen LogP contribution >= 0.6 is 0 Å². The summed E-state index contributed by atoms with van der Waals surface area (Å²) in [5.41, 5.74) is -0.260. The molecule has 0 heterocycles. The standard InChI is InChI=1S/C11H22N2/c1-6-8-11(9-12,10(3)4)13(5)7-2/h10H,6-8H2,1-5H3. The smallest absolute Gasteiger partial charge is 0.111 e. The zero-order valence-corrected chi connectivity index (χ0v) is 9.59. The van der Waals surface area contributed by atoms with Crippen LogP contribution in [0, 0.1) is 17.2 Å². The Morgan fingerprint density at radius 1 is 1.38 bits per heavy atom. The maximum absolute atomic E-state index is 9.29. The van der Waals surface area contributed by atoms with E-state index in [1.54, 1.807) is 0 Å². The van der Waals surface area contributed by atoms with E-state index >= 15 is 0 Å². The van der Waals surface area contributed by atoms with Crippen molar-refractivity contribution in [2.24, 2.45) is 5.92 Å². The first-order valence-electron chi connectivity index (χ1n) is 5.17. The molecule has 2 nitrogen and oxygen atoms in total. The highest BCUT2D eigenvalue weighted by Crippen LogP contribution is 2.28. The molecule has 0 aliphatic heterocycles. The Balaban J connectivity index is 4.77. The molecule has 0 N–H and O–H groups in total. The molecule has 1 atom stereocenters. The molecule has 13 heavy (non-hydrogen) atoms. The van der Waals surface area contributed by atoms with E-state index in [1.807, 2.05) is 7.05 Å². The SMILES string of the molecule is CCCC(C#N)(C(C)C)N(C)CC. The van der Waals surface area contributed by atoms with E-state index in [4.69, 9.17) is 0 Å². The largest absolute Gasteiger partial charge is 0.289 e. The summed E-state index contributed by atoms with van der Waals surface area (Å²) in [7, 11) is 2.04. The summed E-state index contributed by atoms with van der Waals surface area (Å²) in [5, 5.41) is 9.29. The van der Waals surface area contributed by atoms with Gasteiger partial charge in [-0.3, -0.25) is 4.90 Å². The van der Waals surface area contributed by atoms with Crippen molar-refractivity contribution in [1.29, 1.82) is 5.26 Å². The van der Waals surface area contributed by atoms with E-state index in [0.717, 1.165) is 19.4 Å². The van der Waals surface area contributed by atoms with Crippen molar-refractivity contribution in [2.75, 3.05) is 13.6 Å². The van der Waals surface area contributed by atoms with Crippen molar-refractivity contribution in [1.82, 2.24) is 4.90 Å². The Labute approximate surface area is 82.5 Å².